The molecule has 2 aromatic rings. The fourth-order valence-corrected chi connectivity index (χ4v) is 2.58. The van der Waals surface area contributed by atoms with E-state index in [1.54, 1.807) is 29.0 Å². The largest absolute Gasteiger partial charge is 0.449 e. The van der Waals surface area contributed by atoms with E-state index in [0.29, 0.717) is 10.7 Å². The Labute approximate surface area is 157 Å². The zero-order chi connectivity index (χ0) is 19.4. The zero-order valence-corrected chi connectivity index (χ0v) is 16.2. The number of nitrogens with one attached hydrogen (secondary N) is 1. The van der Waals surface area contributed by atoms with Gasteiger partial charge in [-0.25, -0.2) is 4.79 Å². The van der Waals surface area contributed by atoms with Crippen molar-refractivity contribution in [2.75, 3.05) is 5.32 Å². The normalized spacial score (nSPS) is 12.2. The van der Waals surface area contributed by atoms with Gasteiger partial charge in [-0.2, -0.15) is 5.10 Å². The van der Waals surface area contributed by atoms with Gasteiger partial charge in [0.1, 0.15) is 0 Å². The lowest BCUT2D eigenvalue weighted by atomic mass is 10.2. The summed E-state index contributed by atoms with van der Waals surface area (Å²) in [6, 6.07) is 5.19. The van der Waals surface area contributed by atoms with Crippen LogP contribution < -0.4 is 5.32 Å². The van der Waals surface area contributed by atoms with E-state index in [9.17, 15) is 9.59 Å². The van der Waals surface area contributed by atoms with E-state index >= 15 is 0 Å². The molecule has 0 bridgehead atoms. The molecule has 0 aliphatic rings. The molecule has 1 N–H and O–H groups in total. The maximum atomic E-state index is 12.2. The van der Waals surface area contributed by atoms with Crippen LogP contribution in [-0.2, 0) is 21.4 Å². The van der Waals surface area contributed by atoms with Crippen LogP contribution in [0.1, 0.15) is 29.4 Å². The second kappa shape index (κ2) is 8.19. The third kappa shape index (κ3) is 4.73. The van der Waals surface area contributed by atoms with Crippen molar-refractivity contribution in [2.24, 2.45) is 7.05 Å². The summed E-state index contributed by atoms with van der Waals surface area (Å²) in [4.78, 5) is 24.2. The molecule has 1 amide bonds. The van der Waals surface area contributed by atoms with Crippen molar-refractivity contribution >= 4 is 35.2 Å². The monoisotopic (exact) mass is 375 g/mol. The predicted molar refractivity (Wildman–Crippen MR) is 102 cm³/mol. The highest BCUT2D eigenvalue weighted by Crippen LogP contribution is 2.20. The highest BCUT2D eigenvalue weighted by Gasteiger charge is 2.18. The van der Waals surface area contributed by atoms with Gasteiger partial charge < -0.3 is 10.1 Å². The molecule has 0 aliphatic heterocycles. The van der Waals surface area contributed by atoms with Gasteiger partial charge in [-0.1, -0.05) is 17.7 Å². The number of halogens is 1. The van der Waals surface area contributed by atoms with E-state index < -0.39 is 18.0 Å². The summed E-state index contributed by atoms with van der Waals surface area (Å²) >= 11 is 5.94. The Kier molecular flexibility index (Phi) is 6.21. The van der Waals surface area contributed by atoms with Gasteiger partial charge in [0.25, 0.3) is 5.91 Å². The number of esters is 1. The van der Waals surface area contributed by atoms with Crippen LogP contribution in [0.25, 0.3) is 6.08 Å². The topological polar surface area (TPSA) is 73.2 Å². The lowest BCUT2D eigenvalue weighted by Crippen LogP contribution is -2.29. The van der Waals surface area contributed by atoms with E-state index in [1.165, 1.54) is 13.0 Å². The number of benzene rings is 1. The van der Waals surface area contributed by atoms with Crippen LogP contribution in [0, 0.1) is 20.8 Å². The molecule has 0 unspecified atom stereocenters. The van der Waals surface area contributed by atoms with Crippen LogP contribution in [0.15, 0.2) is 24.3 Å². The van der Waals surface area contributed by atoms with E-state index in [1.807, 2.05) is 27.8 Å². The zero-order valence-electron chi connectivity index (χ0n) is 15.5. The van der Waals surface area contributed by atoms with Gasteiger partial charge in [-0.3, -0.25) is 9.48 Å². The number of carbonyl (C=O) groups is 2. The first-order valence-electron chi connectivity index (χ1n) is 8.15. The number of rotatable bonds is 5. The second-order valence-electron chi connectivity index (χ2n) is 6.07. The molecular formula is C19H22ClN3O3. The van der Waals surface area contributed by atoms with Gasteiger partial charge in [0, 0.05) is 35.1 Å². The molecule has 6 nitrogen and oxygen atoms in total. The van der Waals surface area contributed by atoms with Gasteiger partial charge in [0.05, 0.1) is 5.69 Å². The average molecular weight is 376 g/mol. The summed E-state index contributed by atoms with van der Waals surface area (Å²) in [5.74, 6) is -1.02. The molecule has 1 heterocycles. The van der Waals surface area contributed by atoms with Gasteiger partial charge in [0.15, 0.2) is 6.10 Å². The number of ether oxygens (including phenoxy) is 1. The minimum atomic E-state index is -0.943. The fourth-order valence-electron chi connectivity index (χ4n) is 2.41. The number of hydrogen-bond donors (Lipinski definition) is 1. The lowest BCUT2D eigenvalue weighted by molar-refractivity contribution is -0.148. The first-order chi connectivity index (χ1) is 12.2. The number of carbonyl (C=O) groups excluding carboxylic acids is 2. The number of aromatic nitrogens is 2. The van der Waals surface area contributed by atoms with Crippen LogP contribution in [0.2, 0.25) is 5.02 Å². The minimum Gasteiger partial charge on any atom is -0.449 e. The summed E-state index contributed by atoms with van der Waals surface area (Å²) in [6.07, 6.45) is 2.00. The van der Waals surface area contributed by atoms with Gasteiger partial charge in [-0.05, 0) is 51.5 Å². The molecule has 0 radical (unpaired) electrons. The van der Waals surface area contributed by atoms with E-state index in [4.69, 9.17) is 16.3 Å². The molecule has 1 aromatic heterocycles. The van der Waals surface area contributed by atoms with Crippen molar-refractivity contribution < 1.29 is 14.3 Å². The number of aryl methyl sites for hydroxylation is 3. The maximum Gasteiger partial charge on any atom is 0.331 e. The van der Waals surface area contributed by atoms with Crippen molar-refractivity contribution in [3.63, 3.8) is 0 Å². The fraction of sp³-hybridized carbons (Fsp3) is 0.316. The summed E-state index contributed by atoms with van der Waals surface area (Å²) < 4.78 is 6.90. The molecule has 1 aromatic carbocycles. The van der Waals surface area contributed by atoms with Gasteiger partial charge in [-0.15, -0.1) is 0 Å². The standard InChI is InChI=1S/C19H22ClN3O3/c1-11-6-7-15(20)10-17(11)21-19(25)14(4)26-18(24)9-8-16-12(2)22-23(5)13(16)3/h6-10,14H,1-5H3,(H,21,25)/b9-8+/t14-/m0/s1. The second-order valence-corrected chi connectivity index (χ2v) is 6.51. The smallest absolute Gasteiger partial charge is 0.331 e. The Bertz CT molecular complexity index is 871. The Morgan fingerprint density at radius 2 is 2.00 bits per heavy atom. The molecule has 2 rings (SSSR count). The highest BCUT2D eigenvalue weighted by molar-refractivity contribution is 6.31. The van der Waals surface area contributed by atoms with Crippen molar-refractivity contribution in [3.8, 4) is 0 Å². The summed E-state index contributed by atoms with van der Waals surface area (Å²) in [6.45, 7) is 7.14. The van der Waals surface area contributed by atoms with E-state index in [-0.39, 0.29) is 0 Å². The van der Waals surface area contributed by atoms with E-state index in [0.717, 1.165) is 22.5 Å². The number of hydrogen-bond acceptors (Lipinski definition) is 4. The molecule has 0 saturated heterocycles. The Balaban J connectivity index is 1.98. The number of nitrogens with zero attached hydrogens (tertiary/aromatic N) is 2. The SMILES string of the molecule is Cc1ccc(Cl)cc1NC(=O)[C@H](C)OC(=O)/C=C/c1c(C)nn(C)c1C. The molecular weight excluding hydrogens is 354 g/mol. The first kappa shape index (κ1) is 19.7. The summed E-state index contributed by atoms with van der Waals surface area (Å²) in [5.41, 5.74) is 4.06. The van der Waals surface area contributed by atoms with Crippen molar-refractivity contribution in [2.45, 2.75) is 33.8 Å². The summed E-state index contributed by atoms with van der Waals surface area (Å²) in [7, 11) is 1.84. The molecule has 26 heavy (non-hydrogen) atoms. The summed E-state index contributed by atoms with van der Waals surface area (Å²) in [5, 5.41) is 7.51. The number of anilines is 1. The van der Waals surface area contributed by atoms with Crippen LogP contribution >= 0.6 is 11.6 Å². The minimum absolute atomic E-state index is 0.425. The first-order valence-corrected chi connectivity index (χ1v) is 8.52. The molecule has 138 valence electrons. The Morgan fingerprint density at radius 3 is 2.62 bits per heavy atom. The molecule has 1 atom stereocenters. The van der Waals surface area contributed by atoms with Crippen LogP contribution in [0.5, 0.6) is 0 Å². The van der Waals surface area contributed by atoms with E-state index in [2.05, 4.69) is 10.4 Å². The average Bonchev–Trinajstić information content (AvgIpc) is 2.81. The van der Waals surface area contributed by atoms with Crippen LogP contribution in [0.4, 0.5) is 5.69 Å². The van der Waals surface area contributed by atoms with Gasteiger partial charge >= 0.3 is 5.97 Å². The maximum absolute atomic E-state index is 12.2. The third-order valence-electron chi connectivity index (χ3n) is 4.07. The van der Waals surface area contributed by atoms with Crippen LogP contribution in [-0.4, -0.2) is 27.8 Å². The molecule has 0 saturated carbocycles. The van der Waals surface area contributed by atoms with Gasteiger partial charge in [0.2, 0.25) is 0 Å². The molecule has 0 fully saturated rings. The lowest BCUT2D eigenvalue weighted by Gasteiger charge is -2.14. The van der Waals surface area contributed by atoms with Crippen LogP contribution in [0.3, 0.4) is 0 Å². The third-order valence-corrected chi connectivity index (χ3v) is 4.31. The van der Waals surface area contributed by atoms with Crippen molar-refractivity contribution in [1.82, 2.24) is 9.78 Å². The van der Waals surface area contributed by atoms with Crippen molar-refractivity contribution in [3.05, 3.63) is 51.8 Å². The molecule has 0 spiro atoms. The Hall–Kier alpha value is -2.60. The Morgan fingerprint density at radius 1 is 1.31 bits per heavy atom. The predicted octanol–water partition coefficient (Wildman–Crippen LogP) is 3.58. The number of amides is 1. The highest BCUT2D eigenvalue weighted by atomic mass is 35.5. The quantitative estimate of drug-likeness (QED) is 0.640. The van der Waals surface area contributed by atoms with Crippen molar-refractivity contribution in [1.29, 1.82) is 0 Å². The molecule has 0 aliphatic carbocycles. The molecule has 7 heteroatoms.